The van der Waals surface area contributed by atoms with Crippen molar-refractivity contribution in [3.05, 3.63) is 70.3 Å². The fourth-order valence-electron chi connectivity index (χ4n) is 3.63. The van der Waals surface area contributed by atoms with Crippen molar-refractivity contribution >= 4 is 17.5 Å². The number of rotatable bonds is 13. The SMILES string of the molecule is CCC[C@@H](C(NC(=O)OCc1ccccc1)OCC)[C@@H](CC)Nc1ccc([N+](=O)[O-])cc1. The topological polar surface area (TPSA) is 103 Å². The Labute approximate surface area is 189 Å². The number of nitro benzene ring substituents is 1. The van der Waals surface area contributed by atoms with Gasteiger partial charge in [-0.1, -0.05) is 50.6 Å². The van der Waals surface area contributed by atoms with Gasteiger partial charge in [0.25, 0.3) is 5.69 Å². The summed E-state index contributed by atoms with van der Waals surface area (Å²) in [6.07, 6.45) is 1.46. The van der Waals surface area contributed by atoms with E-state index in [-0.39, 0.29) is 24.3 Å². The third-order valence-corrected chi connectivity index (χ3v) is 5.22. The number of amides is 1. The van der Waals surface area contributed by atoms with E-state index in [1.165, 1.54) is 12.1 Å². The molecular formula is C24H33N3O5. The summed E-state index contributed by atoms with van der Waals surface area (Å²) >= 11 is 0. The van der Waals surface area contributed by atoms with Crippen LogP contribution in [0.2, 0.25) is 0 Å². The predicted octanol–water partition coefficient (Wildman–Crippen LogP) is 5.49. The molecule has 0 saturated carbocycles. The molecule has 174 valence electrons. The molecule has 0 aliphatic rings. The summed E-state index contributed by atoms with van der Waals surface area (Å²) in [5.41, 5.74) is 1.74. The fourth-order valence-corrected chi connectivity index (χ4v) is 3.63. The lowest BCUT2D eigenvalue weighted by molar-refractivity contribution is -0.384. The van der Waals surface area contributed by atoms with Crippen LogP contribution in [-0.2, 0) is 16.1 Å². The van der Waals surface area contributed by atoms with Crippen LogP contribution >= 0.6 is 0 Å². The van der Waals surface area contributed by atoms with E-state index >= 15 is 0 Å². The molecule has 1 amide bonds. The summed E-state index contributed by atoms with van der Waals surface area (Å²) in [6, 6.07) is 15.8. The second-order valence-electron chi connectivity index (χ2n) is 7.50. The number of hydrogen-bond donors (Lipinski definition) is 2. The van der Waals surface area contributed by atoms with Gasteiger partial charge in [-0.3, -0.25) is 15.4 Å². The number of ether oxygens (including phenoxy) is 2. The molecule has 8 nitrogen and oxygen atoms in total. The number of anilines is 1. The normalized spacial score (nSPS) is 13.6. The van der Waals surface area contributed by atoms with Gasteiger partial charge in [-0.15, -0.1) is 0 Å². The van der Waals surface area contributed by atoms with Crippen LogP contribution in [0.25, 0.3) is 0 Å². The van der Waals surface area contributed by atoms with Crippen LogP contribution in [0.3, 0.4) is 0 Å². The van der Waals surface area contributed by atoms with Gasteiger partial charge in [-0.05, 0) is 37.5 Å². The molecule has 0 radical (unpaired) electrons. The lowest BCUT2D eigenvalue weighted by atomic mass is 9.90. The second kappa shape index (κ2) is 13.3. The van der Waals surface area contributed by atoms with Crippen LogP contribution in [0.5, 0.6) is 0 Å². The lowest BCUT2D eigenvalue weighted by Crippen LogP contribution is -2.48. The highest BCUT2D eigenvalue weighted by Crippen LogP contribution is 2.25. The third kappa shape index (κ3) is 7.85. The van der Waals surface area contributed by atoms with Gasteiger partial charge in [0.05, 0.1) is 4.92 Å². The fraction of sp³-hybridized carbons (Fsp3) is 0.458. The molecule has 0 spiro atoms. The van der Waals surface area contributed by atoms with Crippen LogP contribution in [0, 0.1) is 16.0 Å². The molecule has 0 bridgehead atoms. The van der Waals surface area contributed by atoms with Gasteiger partial charge in [-0.25, -0.2) is 4.79 Å². The van der Waals surface area contributed by atoms with Gasteiger partial charge in [-0.2, -0.15) is 0 Å². The molecule has 0 fully saturated rings. The zero-order valence-electron chi connectivity index (χ0n) is 19.0. The van der Waals surface area contributed by atoms with Crippen molar-refractivity contribution in [1.29, 1.82) is 0 Å². The Hall–Kier alpha value is -3.13. The average molecular weight is 444 g/mol. The highest BCUT2D eigenvalue weighted by atomic mass is 16.6. The van der Waals surface area contributed by atoms with Crippen molar-refractivity contribution in [2.75, 3.05) is 11.9 Å². The van der Waals surface area contributed by atoms with E-state index in [2.05, 4.69) is 24.5 Å². The summed E-state index contributed by atoms with van der Waals surface area (Å²) < 4.78 is 11.3. The minimum absolute atomic E-state index is 0.0117. The number of nitro groups is 1. The number of benzene rings is 2. The van der Waals surface area contributed by atoms with E-state index in [9.17, 15) is 14.9 Å². The first-order chi connectivity index (χ1) is 15.5. The van der Waals surface area contributed by atoms with Gasteiger partial charge in [0.15, 0.2) is 0 Å². The zero-order valence-corrected chi connectivity index (χ0v) is 19.0. The van der Waals surface area contributed by atoms with E-state index < -0.39 is 17.2 Å². The Morgan fingerprint density at radius 3 is 2.31 bits per heavy atom. The van der Waals surface area contributed by atoms with Gasteiger partial charge in [0, 0.05) is 36.4 Å². The monoisotopic (exact) mass is 443 g/mol. The van der Waals surface area contributed by atoms with Crippen molar-refractivity contribution in [3.63, 3.8) is 0 Å². The molecule has 0 saturated heterocycles. The van der Waals surface area contributed by atoms with E-state index in [1.54, 1.807) is 12.1 Å². The smallest absolute Gasteiger partial charge is 0.409 e. The summed E-state index contributed by atoms with van der Waals surface area (Å²) in [4.78, 5) is 23.0. The first-order valence-corrected chi connectivity index (χ1v) is 11.1. The zero-order chi connectivity index (χ0) is 23.3. The van der Waals surface area contributed by atoms with Gasteiger partial charge in [0.2, 0.25) is 0 Å². The molecule has 0 aromatic heterocycles. The number of carbonyl (C=O) groups excluding carboxylic acids is 1. The van der Waals surface area contributed by atoms with Crippen LogP contribution in [0.15, 0.2) is 54.6 Å². The molecule has 1 unspecified atom stereocenters. The number of nitrogens with zero attached hydrogens (tertiary/aromatic N) is 1. The highest BCUT2D eigenvalue weighted by Gasteiger charge is 2.30. The van der Waals surface area contributed by atoms with Crippen molar-refractivity contribution in [2.45, 2.75) is 58.9 Å². The number of carbonyl (C=O) groups is 1. The maximum Gasteiger partial charge on any atom is 0.409 e. The number of nitrogens with one attached hydrogen (secondary N) is 2. The van der Waals surface area contributed by atoms with E-state index in [0.29, 0.717) is 6.61 Å². The molecule has 32 heavy (non-hydrogen) atoms. The van der Waals surface area contributed by atoms with Gasteiger partial charge < -0.3 is 14.8 Å². The molecule has 2 rings (SSSR count). The van der Waals surface area contributed by atoms with Gasteiger partial charge >= 0.3 is 6.09 Å². The Bertz CT molecular complexity index is 829. The molecule has 2 N–H and O–H groups in total. The second-order valence-corrected chi connectivity index (χ2v) is 7.50. The van der Waals surface area contributed by atoms with Crippen LogP contribution < -0.4 is 10.6 Å². The van der Waals surface area contributed by atoms with Crippen LogP contribution in [-0.4, -0.2) is 29.9 Å². The van der Waals surface area contributed by atoms with E-state index in [4.69, 9.17) is 9.47 Å². The lowest BCUT2D eigenvalue weighted by Gasteiger charge is -2.34. The first-order valence-electron chi connectivity index (χ1n) is 11.1. The Morgan fingerprint density at radius 1 is 1.06 bits per heavy atom. The van der Waals surface area contributed by atoms with Crippen molar-refractivity contribution in [3.8, 4) is 0 Å². The highest BCUT2D eigenvalue weighted by molar-refractivity contribution is 5.67. The third-order valence-electron chi connectivity index (χ3n) is 5.22. The molecule has 0 aliphatic heterocycles. The molecule has 8 heteroatoms. The molecule has 2 aromatic carbocycles. The first kappa shape index (κ1) is 25.1. The van der Waals surface area contributed by atoms with Gasteiger partial charge in [0.1, 0.15) is 12.8 Å². The molecule has 3 atom stereocenters. The van der Waals surface area contributed by atoms with Crippen molar-refractivity contribution in [2.24, 2.45) is 5.92 Å². The Kier molecular flexibility index (Phi) is 10.5. The Balaban J connectivity index is 2.08. The summed E-state index contributed by atoms with van der Waals surface area (Å²) in [7, 11) is 0. The maximum atomic E-state index is 12.5. The largest absolute Gasteiger partial charge is 0.445 e. The molecule has 0 heterocycles. The summed E-state index contributed by atoms with van der Waals surface area (Å²) in [5.74, 6) is -0.0237. The summed E-state index contributed by atoms with van der Waals surface area (Å²) in [5, 5.41) is 17.2. The maximum absolute atomic E-state index is 12.5. The molecule has 0 aliphatic carbocycles. The van der Waals surface area contributed by atoms with E-state index in [0.717, 1.165) is 30.5 Å². The number of hydrogen-bond acceptors (Lipinski definition) is 6. The number of non-ortho nitro benzene ring substituents is 1. The average Bonchev–Trinajstić information content (AvgIpc) is 2.80. The summed E-state index contributed by atoms with van der Waals surface area (Å²) in [6.45, 7) is 6.66. The van der Waals surface area contributed by atoms with Crippen LogP contribution in [0.1, 0.15) is 45.6 Å². The molecular weight excluding hydrogens is 410 g/mol. The van der Waals surface area contributed by atoms with Crippen molar-refractivity contribution < 1.29 is 19.2 Å². The van der Waals surface area contributed by atoms with E-state index in [1.807, 2.05) is 37.3 Å². The minimum Gasteiger partial charge on any atom is -0.445 e. The Morgan fingerprint density at radius 2 is 1.75 bits per heavy atom. The van der Waals surface area contributed by atoms with Crippen molar-refractivity contribution in [1.82, 2.24) is 5.32 Å². The standard InChI is InChI=1S/C24H33N3O5/c1-4-10-21(22(5-2)25-19-13-15-20(16-14-19)27(29)30)23(31-6-3)26-24(28)32-17-18-11-8-7-9-12-18/h7-9,11-16,21-23,25H,4-6,10,17H2,1-3H3,(H,26,28)/t21-,22-,23?/m1/s1. The predicted molar refractivity (Wildman–Crippen MR) is 124 cm³/mol. The number of alkyl carbamates (subject to hydrolysis) is 1. The molecule has 2 aromatic rings. The quantitative estimate of drug-likeness (QED) is 0.241. The minimum atomic E-state index is -0.529. The van der Waals surface area contributed by atoms with Crippen LogP contribution in [0.4, 0.5) is 16.2 Å².